The van der Waals surface area contributed by atoms with Crippen LogP contribution in [-0.4, -0.2) is 28.4 Å². The van der Waals surface area contributed by atoms with Gasteiger partial charge in [0.25, 0.3) is 0 Å². The first-order valence-corrected chi connectivity index (χ1v) is 7.82. The highest BCUT2D eigenvalue weighted by Crippen LogP contribution is 2.27. The average molecular weight is 311 g/mol. The summed E-state index contributed by atoms with van der Waals surface area (Å²) in [6.07, 6.45) is 4.48. The number of amides is 1. The highest BCUT2D eigenvalue weighted by molar-refractivity contribution is 5.90. The lowest BCUT2D eigenvalue weighted by Gasteiger charge is -2.23. The van der Waals surface area contributed by atoms with Gasteiger partial charge in [0.15, 0.2) is 0 Å². The van der Waals surface area contributed by atoms with Gasteiger partial charge in [-0.3, -0.25) is 4.79 Å². The number of benzene rings is 1. The van der Waals surface area contributed by atoms with E-state index >= 15 is 0 Å². The number of carbonyl (C=O) groups is 1. The summed E-state index contributed by atoms with van der Waals surface area (Å²) in [5.41, 5.74) is 6.81. The number of aromatic nitrogens is 1. The highest BCUT2D eigenvalue weighted by Gasteiger charge is 2.28. The molecule has 5 heteroatoms. The molecule has 1 aliphatic rings. The molecule has 5 nitrogen and oxygen atoms in total. The van der Waals surface area contributed by atoms with Crippen molar-refractivity contribution in [2.75, 3.05) is 6.61 Å². The second-order valence-electron chi connectivity index (χ2n) is 6.02. The van der Waals surface area contributed by atoms with Crippen LogP contribution in [0.1, 0.15) is 29.7 Å². The molecule has 0 aliphatic carbocycles. The van der Waals surface area contributed by atoms with Crippen LogP contribution in [0.2, 0.25) is 0 Å². The number of aliphatic hydroxyl groups is 1. The van der Waals surface area contributed by atoms with Gasteiger partial charge in [0.2, 0.25) is 5.91 Å². The van der Waals surface area contributed by atoms with E-state index < -0.39 is 0 Å². The van der Waals surface area contributed by atoms with Crippen molar-refractivity contribution in [1.29, 1.82) is 0 Å². The number of rotatable bonds is 4. The average Bonchev–Trinajstić information content (AvgIpc) is 2.89. The molecule has 0 bridgehead atoms. The maximum Gasteiger partial charge on any atom is 0.248 e. The van der Waals surface area contributed by atoms with Crippen LogP contribution in [0.5, 0.6) is 0 Å². The normalized spacial score (nSPS) is 20.6. The molecule has 0 radical (unpaired) electrons. The zero-order chi connectivity index (χ0) is 16.4. The van der Waals surface area contributed by atoms with Crippen LogP contribution in [0.4, 0.5) is 0 Å². The number of hydrazone groups is 1. The molecule has 1 amide bonds. The molecule has 23 heavy (non-hydrogen) atoms. The maximum absolute atomic E-state index is 12.0. The predicted octanol–water partition coefficient (Wildman–Crippen LogP) is 2.16. The molecule has 1 aromatic carbocycles. The second kappa shape index (κ2) is 6.38. The minimum atomic E-state index is -0.197. The number of aliphatic hydroxyl groups excluding tert-OH is 1. The predicted molar refractivity (Wildman–Crippen MR) is 89.8 cm³/mol. The van der Waals surface area contributed by atoms with Crippen LogP contribution in [-0.2, 0) is 11.2 Å². The van der Waals surface area contributed by atoms with Crippen LogP contribution in [0.25, 0.3) is 5.69 Å². The second-order valence-corrected chi connectivity index (χ2v) is 6.02. The summed E-state index contributed by atoms with van der Waals surface area (Å²) in [5.74, 6) is -0.175. The van der Waals surface area contributed by atoms with E-state index in [1.165, 1.54) is 0 Å². The van der Waals surface area contributed by atoms with E-state index in [9.17, 15) is 4.79 Å². The SMILES string of the molecule is Cc1cc(CCO)cn1-c1ccc(C2C(=O)NN=CC2C)cc1. The van der Waals surface area contributed by atoms with Crippen molar-refractivity contribution < 1.29 is 9.90 Å². The van der Waals surface area contributed by atoms with Crippen LogP contribution >= 0.6 is 0 Å². The monoisotopic (exact) mass is 311 g/mol. The summed E-state index contributed by atoms with van der Waals surface area (Å²) in [6, 6.07) is 10.1. The van der Waals surface area contributed by atoms with Crippen LogP contribution in [0.3, 0.4) is 0 Å². The summed E-state index contributed by atoms with van der Waals surface area (Å²) in [7, 11) is 0. The van der Waals surface area contributed by atoms with Gasteiger partial charge in [-0.1, -0.05) is 19.1 Å². The van der Waals surface area contributed by atoms with Crippen LogP contribution in [0.15, 0.2) is 41.6 Å². The Morgan fingerprint density at radius 1 is 1.30 bits per heavy atom. The van der Waals surface area contributed by atoms with E-state index in [1.807, 2.05) is 44.3 Å². The van der Waals surface area contributed by atoms with Gasteiger partial charge in [-0.05, 0) is 42.7 Å². The number of nitrogens with one attached hydrogen (secondary N) is 1. The molecule has 1 aromatic heterocycles. The van der Waals surface area contributed by atoms with Gasteiger partial charge in [-0.2, -0.15) is 5.10 Å². The van der Waals surface area contributed by atoms with Crippen molar-refractivity contribution in [2.24, 2.45) is 11.0 Å². The Kier molecular flexibility index (Phi) is 4.30. The van der Waals surface area contributed by atoms with Gasteiger partial charge in [-0.25, -0.2) is 5.43 Å². The fraction of sp³-hybridized carbons (Fsp3) is 0.333. The van der Waals surface area contributed by atoms with E-state index in [4.69, 9.17) is 5.11 Å². The summed E-state index contributed by atoms with van der Waals surface area (Å²) in [5, 5.41) is 12.9. The van der Waals surface area contributed by atoms with E-state index in [2.05, 4.69) is 21.2 Å². The fourth-order valence-electron chi connectivity index (χ4n) is 3.10. The summed E-state index contributed by atoms with van der Waals surface area (Å²) < 4.78 is 2.10. The molecule has 0 fully saturated rings. The van der Waals surface area contributed by atoms with Crippen molar-refractivity contribution in [3.63, 3.8) is 0 Å². The number of aryl methyl sites for hydroxylation is 1. The number of hydrogen-bond donors (Lipinski definition) is 2. The van der Waals surface area contributed by atoms with Gasteiger partial charge in [-0.15, -0.1) is 0 Å². The standard InChI is InChI=1S/C18H21N3O2/c1-12-10-19-20-18(23)17(12)15-3-5-16(6-4-15)21-11-14(7-8-22)9-13(21)2/h3-6,9-12,17,22H,7-8H2,1-2H3,(H,20,23). The summed E-state index contributed by atoms with van der Waals surface area (Å²) >= 11 is 0. The van der Waals surface area contributed by atoms with Crippen molar-refractivity contribution in [3.05, 3.63) is 53.3 Å². The van der Waals surface area contributed by atoms with E-state index in [-0.39, 0.29) is 24.3 Å². The van der Waals surface area contributed by atoms with Crippen LogP contribution < -0.4 is 5.43 Å². The summed E-state index contributed by atoms with van der Waals surface area (Å²) in [4.78, 5) is 12.0. The third-order valence-corrected chi connectivity index (χ3v) is 4.29. The molecule has 2 heterocycles. The Hall–Kier alpha value is -2.40. The largest absolute Gasteiger partial charge is 0.396 e. The highest BCUT2D eigenvalue weighted by atomic mass is 16.3. The molecule has 0 saturated carbocycles. The minimum absolute atomic E-state index is 0.0601. The Morgan fingerprint density at radius 2 is 2.04 bits per heavy atom. The van der Waals surface area contributed by atoms with Crippen LogP contribution in [0, 0.1) is 12.8 Å². The zero-order valence-electron chi connectivity index (χ0n) is 13.4. The van der Waals surface area contributed by atoms with Crippen molar-refractivity contribution in [1.82, 2.24) is 9.99 Å². The Morgan fingerprint density at radius 3 is 2.70 bits per heavy atom. The molecular weight excluding hydrogens is 290 g/mol. The fourth-order valence-corrected chi connectivity index (χ4v) is 3.10. The number of nitrogens with zero attached hydrogens (tertiary/aromatic N) is 2. The zero-order valence-corrected chi connectivity index (χ0v) is 13.4. The third kappa shape index (κ3) is 3.05. The Bertz CT molecular complexity index is 731. The van der Waals surface area contributed by atoms with Gasteiger partial charge < -0.3 is 9.67 Å². The molecule has 1 aliphatic heterocycles. The van der Waals surface area contributed by atoms with E-state index in [0.29, 0.717) is 6.42 Å². The quantitative estimate of drug-likeness (QED) is 0.908. The van der Waals surface area contributed by atoms with Gasteiger partial charge >= 0.3 is 0 Å². The Labute approximate surface area is 135 Å². The first-order valence-electron chi connectivity index (χ1n) is 7.82. The lowest BCUT2D eigenvalue weighted by molar-refractivity contribution is -0.123. The molecule has 2 unspecified atom stereocenters. The van der Waals surface area contributed by atoms with E-state index in [0.717, 1.165) is 22.5 Å². The number of carbonyl (C=O) groups excluding carboxylic acids is 1. The molecular formula is C18H21N3O2. The Balaban J connectivity index is 1.87. The molecule has 2 aromatic rings. The lowest BCUT2D eigenvalue weighted by Crippen LogP contribution is -2.34. The van der Waals surface area contributed by atoms with Gasteiger partial charge in [0.1, 0.15) is 0 Å². The van der Waals surface area contributed by atoms with Gasteiger partial charge in [0.05, 0.1) is 5.92 Å². The maximum atomic E-state index is 12.0. The molecule has 0 spiro atoms. The van der Waals surface area contributed by atoms with Gasteiger partial charge in [0, 0.05) is 36.3 Å². The molecule has 120 valence electrons. The first kappa shape index (κ1) is 15.5. The van der Waals surface area contributed by atoms with E-state index in [1.54, 1.807) is 6.21 Å². The molecule has 2 atom stereocenters. The first-order chi connectivity index (χ1) is 11.1. The van der Waals surface area contributed by atoms with Crippen molar-refractivity contribution in [2.45, 2.75) is 26.2 Å². The topological polar surface area (TPSA) is 66.6 Å². The molecule has 0 saturated heterocycles. The minimum Gasteiger partial charge on any atom is -0.396 e. The van der Waals surface area contributed by atoms with Crippen molar-refractivity contribution in [3.8, 4) is 5.69 Å². The van der Waals surface area contributed by atoms with Crippen molar-refractivity contribution >= 4 is 12.1 Å². The lowest BCUT2D eigenvalue weighted by atomic mass is 9.86. The smallest absolute Gasteiger partial charge is 0.248 e. The molecule has 3 rings (SSSR count). The number of hydrogen-bond acceptors (Lipinski definition) is 3. The third-order valence-electron chi connectivity index (χ3n) is 4.29. The summed E-state index contributed by atoms with van der Waals surface area (Å²) in [6.45, 7) is 4.19. The molecule has 2 N–H and O–H groups in total.